The minimum atomic E-state index is -1.01. The highest BCUT2D eigenvalue weighted by molar-refractivity contribution is 5.88. The van der Waals surface area contributed by atoms with Gasteiger partial charge in [0, 0.05) is 6.42 Å². The first kappa shape index (κ1) is 13.0. The van der Waals surface area contributed by atoms with Gasteiger partial charge >= 0.3 is 11.9 Å². The summed E-state index contributed by atoms with van der Waals surface area (Å²) in [5.41, 5.74) is 0.893. The molecule has 0 spiro atoms. The van der Waals surface area contributed by atoms with Crippen LogP contribution in [0.4, 0.5) is 0 Å². The van der Waals surface area contributed by atoms with Crippen LogP contribution >= 0.6 is 0 Å². The lowest BCUT2D eigenvalue weighted by Crippen LogP contribution is -2.01. The standard InChI is InChI=1S/C12H14O5/c1-17-10-6-5-9(12(15)16)7-8(10)3-2-4-11(13)14/h5-7H,2-4H2,1H3,(H,13,14)(H,15,16). The van der Waals surface area contributed by atoms with Crippen LogP contribution in [0, 0.1) is 0 Å². The van der Waals surface area contributed by atoms with Crippen LogP contribution in [0.2, 0.25) is 0 Å². The van der Waals surface area contributed by atoms with Crippen molar-refractivity contribution in [3.05, 3.63) is 29.3 Å². The summed E-state index contributed by atoms with van der Waals surface area (Å²) in [5, 5.41) is 17.4. The zero-order chi connectivity index (χ0) is 12.8. The van der Waals surface area contributed by atoms with Crippen LogP contribution < -0.4 is 4.74 Å². The van der Waals surface area contributed by atoms with E-state index >= 15 is 0 Å². The number of methoxy groups -OCH3 is 1. The summed E-state index contributed by atoms with van der Waals surface area (Å²) in [7, 11) is 1.50. The molecule has 0 aliphatic carbocycles. The Balaban J connectivity index is 2.82. The van der Waals surface area contributed by atoms with E-state index in [9.17, 15) is 9.59 Å². The highest BCUT2D eigenvalue weighted by Gasteiger charge is 2.09. The van der Waals surface area contributed by atoms with Gasteiger partial charge in [-0.1, -0.05) is 0 Å². The maximum Gasteiger partial charge on any atom is 0.335 e. The van der Waals surface area contributed by atoms with Crippen LogP contribution in [-0.2, 0) is 11.2 Å². The van der Waals surface area contributed by atoms with Crippen molar-refractivity contribution in [1.29, 1.82) is 0 Å². The van der Waals surface area contributed by atoms with E-state index in [0.29, 0.717) is 24.2 Å². The van der Waals surface area contributed by atoms with E-state index in [-0.39, 0.29) is 12.0 Å². The molecular formula is C12H14O5. The number of hydrogen-bond acceptors (Lipinski definition) is 3. The van der Waals surface area contributed by atoms with E-state index in [1.165, 1.54) is 19.2 Å². The number of hydrogen-bond donors (Lipinski definition) is 2. The van der Waals surface area contributed by atoms with Gasteiger partial charge < -0.3 is 14.9 Å². The molecule has 0 atom stereocenters. The van der Waals surface area contributed by atoms with Crippen molar-refractivity contribution in [1.82, 2.24) is 0 Å². The molecule has 0 aromatic heterocycles. The first-order valence-corrected chi connectivity index (χ1v) is 5.16. The first-order valence-electron chi connectivity index (χ1n) is 5.16. The van der Waals surface area contributed by atoms with Gasteiger partial charge in [0.2, 0.25) is 0 Å². The van der Waals surface area contributed by atoms with Crippen LogP contribution in [0.1, 0.15) is 28.8 Å². The summed E-state index contributed by atoms with van der Waals surface area (Å²) < 4.78 is 5.10. The van der Waals surface area contributed by atoms with E-state index in [1.54, 1.807) is 6.07 Å². The van der Waals surface area contributed by atoms with Crippen molar-refractivity contribution in [2.24, 2.45) is 0 Å². The zero-order valence-corrected chi connectivity index (χ0v) is 9.47. The van der Waals surface area contributed by atoms with E-state index in [2.05, 4.69) is 0 Å². The van der Waals surface area contributed by atoms with Gasteiger partial charge in [-0.05, 0) is 36.6 Å². The first-order chi connectivity index (χ1) is 8.04. The molecule has 17 heavy (non-hydrogen) atoms. The molecule has 92 valence electrons. The fourth-order valence-electron chi connectivity index (χ4n) is 1.54. The molecule has 5 nitrogen and oxygen atoms in total. The van der Waals surface area contributed by atoms with E-state index in [1.807, 2.05) is 0 Å². The summed E-state index contributed by atoms with van der Waals surface area (Å²) in [6.07, 6.45) is 0.992. The van der Waals surface area contributed by atoms with Crippen molar-refractivity contribution in [3.8, 4) is 5.75 Å². The summed E-state index contributed by atoms with van der Waals surface area (Å²) >= 11 is 0. The molecule has 0 fully saturated rings. The Bertz CT molecular complexity index is 425. The summed E-state index contributed by atoms with van der Waals surface area (Å²) in [4.78, 5) is 21.2. The highest BCUT2D eigenvalue weighted by Crippen LogP contribution is 2.21. The monoisotopic (exact) mass is 238 g/mol. The molecule has 1 aromatic carbocycles. The predicted octanol–water partition coefficient (Wildman–Crippen LogP) is 1.80. The second-order valence-corrected chi connectivity index (χ2v) is 3.58. The van der Waals surface area contributed by atoms with Crippen molar-refractivity contribution in [2.75, 3.05) is 7.11 Å². The molecule has 0 radical (unpaired) electrons. The molecule has 0 aliphatic rings. The lowest BCUT2D eigenvalue weighted by atomic mass is 10.0. The largest absolute Gasteiger partial charge is 0.496 e. The van der Waals surface area contributed by atoms with Gasteiger partial charge in [-0.15, -0.1) is 0 Å². The molecule has 0 saturated carbocycles. The number of carbonyl (C=O) groups is 2. The number of carboxylic acid groups (broad SMARTS) is 2. The van der Waals surface area contributed by atoms with Gasteiger partial charge in [0.25, 0.3) is 0 Å². The number of aryl methyl sites for hydroxylation is 1. The van der Waals surface area contributed by atoms with Gasteiger partial charge in [-0.25, -0.2) is 4.79 Å². The number of benzene rings is 1. The van der Waals surface area contributed by atoms with Gasteiger partial charge in [-0.2, -0.15) is 0 Å². The van der Waals surface area contributed by atoms with Crippen LogP contribution in [0.5, 0.6) is 5.75 Å². The quantitative estimate of drug-likeness (QED) is 0.789. The van der Waals surface area contributed by atoms with Crippen LogP contribution in [0.15, 0.2) is 18.2 Å². The topological polar surface area (TPSA) is 83.8 Å². The molecule has 0 amide bonds. The summed E-state index contributed by atoms with van der Waals surface area (Å²) in [6, 6.07) is 4.56. The molecule has 5 heteroatoms. The predicted molar refractivity (Wildman–Crippen MR) is 60.5 cm³/mol. The fraction of sp³-hybridized carbons (Fsp3) is 0.333. The number of rotatable bonds is 6. The average molecular weight is 238 g/mol. The molecule has 0 heterocycles. The van der Waals surface area contributed by atoms with Crippen molar-refractivity contribution >= 4 is 11.9 Å². The summed E-state index contributed by atoms with van der Waals surface area (Å²) in [5.74, 6) is -1.29. The Kier molecular flexibility index (Phi) is 4.51. The number of aliphatic carboxylic acids is 1. The van der Waals surface area contributed by atoms with E-state index in [0.717, 1.165) is 0 Å². The molecule has 0 aliphatic heterocycles. The van der Waals surface area contributed by atoms with Crippen molar-refractivity contribution < 1.29 is 24.5 Å². The van der Waals surface area contributed by atoms with Crippen LogP contribution in [0.25, 0.3) is 0 Å². The summed E-state index contributed by atoms with van der Waals surface area (Å²) in [6.45, 7) is 0. The lowest BCUT2D eigenvalue weighted by Gasteiger charge is -2.08. The molecule has 0 unspecified atom stereocenters. The van der Waals surface area contributed by atoms with Crippen molar-refractivity contribution in [2.45, 2.75) is 19.3 Å². The van der Waals surface area contributed by atoms with Crippen molar-refractivity contribution in [3.63, 3.8) is 0 Å². The lowest BCUT2D eigenvalue weighted by molar-refractivity contribution is -0.137. The molecule has 0 saturated heterocycles. The number of carboxylic acids is 2. The Hall–Kier alpha value is -2.04. The molecular weight excluding hydrogens is 224 g/mol. The maximum absolute atomic E-state index is 10.8. The van der Waals surface area contributed by atoms with Gasteiger partial charge in [-0.3, -0.25) is 4.79 Å². The number of aromatic carboxylic acids is 1. The number of ether oxygens (including phenoxy) is 1. The Morgan fingerprint density at radius 2 is 2.00 bits per heavy atom. The highest BCUT2D eigenvalue weighted by atomic mass is 16.5. The Morgan fingerprint density at radius 3 is 2.53 bits per heavy atom. The molecule has 1 aromatic rings. The van der Waals surface area contributed by atoms with E-state index in [4.69, 9.17) is 14.9 Å². The molecule has 0 bridgehead atoms. The molecule has 2 N–H and O–H groups in total. The third-order valence-electron chi connectivity index (χ3n) is 2.36. The van der Waals surface area contributed by atoms with Gasteiger partial charge in [0.05, 0.1) is 12.7 Å². The SMILES string of the molecule is COc1ccc(C(=O)O)cc1CCCC(=O)O. The van der Waals surface area contributed by atoms with E-state index < -0.39 is 11.9 Å². The molecule has 1 rings (SSSR count). The second-order valence-electron chi connectivity index (χ2n) is 3.58. The van der Waals surface area contributed by atoms with Crippen LogP contribution in [0.3, 0.4) is 0 Å². The zero-order valence-electron chi connectivity index (χ0n) is 9.47. The van der Waals surface area contributed by atoms with Crippen LogP contribution in [-0.4, -0.2) is 29.3 Å². The Labute approximate surface area is 98.6 Å². The maximum atomic E-state index is 10.8. The third kappa shape index (κ3) is 3.79. The minimum absolute atomic E-state index is 0.0560. The normalized spacial score (nSPS) is 9.94. The van der Waals surface area contributed by atoms with Gasteiger partial charge in [0.15, 0.2) is 0 Å². The smallest absolute Gasteiger partial charge is 0.335 e. The second kappa shape index (κ2) is 5.89. The Morgan fingerprint density at radius 1 is 1.29 bits per heavy atom. The fourth-order valence-corrected chi connectivity index (χ4v) is 1.54. The average Bonchev–Trinajstić information content (AvgIpc) is 2.28. The third-order valence-corrected chi connectivity index (χ3v) is 2.36. The van der Waals surface area contributed by atoms with Gasteiger partial charge in [0.1, 0.15) is 5.75 Å². The minimum Gasteiger partial charge on any atom is -0.496 e.